The van der Waals surface area contributed by atoms with Crippen LogP contribution in [0.1, 0.15) is 0 Å². The third kappa shape index (κ3) is 4.23. The monoisotopic (exact) mass is 375 g/mol. The van der Waals surface area contributed by atoms with E-state index in [9.17, 15) is 0 Å². The van der Waals surface area contributed by atoms with Crippen LogP contribution in [-0.2, 0) is 4.74 Å². The molecule has 2 aromatic carbocycles. The fourth-order valence-electron chi connectivity index (χ4n) is 3.15. The average molecular weight is 375 g/mol. The molecule has 1 aliphatic rings. The van der Waals surface area contributed by atoms with E-state index >= 15 is 0 Å². The Labute approximate surface area is 165 Å². The largest absolute Gasteiger partial charge is 0.378 e. The highest BCUT2D eigenvalue weighted by Crippen LogP contribution is 2.26. The predicted octanol–water partition coefficient (Wildman–Crippen LogP) is 3.79. The van der Waals surface area contributed by atoms with E-state index in [0.717, 1.165) is 47.5 Å². The van der Waals surface area contributed by atoms with Crippen LogP contribution in [0.15, 0.2) is 60.7 Å². The summed E-state index contributed by atoms with van der Waals surface area (Å²) in [6.07, 6.45) is 0. The molecule has 0 radical (unpaired) electrons. The fraction of sp³-hybridized carbons (Fsp3) is 0.273. The first kappa shape index (κ1) is 18.3. The fourth-order valence-corrected chi connectivity index (χ4v) is 3.15. The summed E-state index contributed by atoms with van der Waals surface area (Å²) in [6, 6.07) is 20.5. The molecule has 1 N–H and O–H groups in total. The number of hydrogen-bond acceptors (Lipinski definition) is 6. The summed E-state index contributed by atoms with van der Waals surface area (Å²) >= 11 is 0. The molecule has 0 atom stereocenters. The third-order valence-electron chi connectivity index (χ3n) is 4.73. The van der Waals surface area contributed by atoms with Crippen molar-refractivity contribution in [2.75, 3.05) is 55.5 Å². The van der Waals surface area contributed by atoms with E-state index in [-0.39, 0.29) is 0 Å². The van der Waals surface area contributed by atoms with E-state index in [1.165, 1.54) is 0 Å². The van der Waals surface area contributed by atoms with E-state index in [4.69, 9.17) is 14.7 Å². The number of aromatic nitrogens is 2. The van der Waals surface area contributed by atoms with Gasteiger partial charge < -0.3 is 19.9 Å². The minimum Gasteiger partial charge on any atom is -0.378 e. The lowest BCUT2D eigenvalue weighted by atomic mass is 10.1. The summed E-state index contributed by atoms with van der Waals surface area (Å²) < 4.78 is 5.48. The standard InChI is InChI=1S/C22H25N5O/c1-26(2)19-10-8-18(9-11-19)23-21-16-20(17-6-4-3-5-7-17)24-22(25-21)27-12-14-28-15-13-27/h3-11,16H,12-15H2,1-2H3,(H,23,24,25). The van der Waals surface area contributed by atoms with Gasteiger partial charge in [-0.2, -0.15) is 4.98 Å². The molecule has 1 fully saturated rings. The Hall–Kier alpha value is -3.12. The summed E-state index contributed by atoms with van der Waals surface area (Å²) in [6.45, 7) is 3.01. The van der Waals surface area contributed by atoms with Crippen LogP contribution in [0.5, 0.6) is 0 Å². The zero-order valence-corrected chi connectivity index (χ0v) is 16.3. The molecule has 0 saturated carbocycles. The molecule has 6 heteroatoms. The van der Waals surface area contributed by atoms with Gasteiger partial charge in [0.15, 0.2) is 0 Å². The maximum absolute atomic E-state index is 5.48. The summed E-state index contributed by atoms with van der Waals surface area (Å²) in [5.74, 6) is 1.52. The first-order valence-electron chi connectivity index (χ1n) is 9.51. The Kier molecular flexibility index (Phi) is 5.39. The molecule has 0 spiro atoms. The first-order valence-corrected chi connectivity index (χ1v) is 9.51. The van der Waals surface area contributed by atoms with Gasteiger partial charge in [0.2, 0.25) is 5.95 Å². The van der Waals surface area contributed by atoms with Crippen LogP contribution < -0.4 is 15.1 Å². The lowest BCUT2D eigenvalue weighted by Crippen LogP contribution is -2.37. The summed E-state index contributed by atoms with van der Waals surface area (Å²) in [5.41, 5.74) is 4.14. The molecule has 28 heavy (non-hydrogen) atoms. The van der Waals surface area contributed by atoms with Crippen LogP contribution >= 0.6 is 0 Å². The van der Waals surface area contributed by atoms with Crippen LogP contribution in [0, 0.1) is 0 Å². The van der Waals surface area contributed by atoms with Crippen molar-refractivity contribution in [3.05, 3.63) is 60.7 Å². The molecule has 1 aromatic heterocycles. The van der Waals surface area contributed by atoms with Gasteiger partial charge in [-0.25, -0.2) is 4.98 Å². The minimum atomic E-state index is 0.702. The van der Waals surface area contributed by atoms with Gasteiger partial charge in [-0.15, -0.1) is 0 Å². The van der Waals surface area contributed by atoms with E-state index in [2.05, 4.69) is 51.5 Å². The molecule has 1 aliphatic heterocycles. The third-order valence-corrected chi connectivity index (χ3v) is 4.73. The van der Waals surface area contributed by atoms with Gasteiger partial charge in [0, 0.05) is 50.2 Å². The molecule has 1 saturated heterocycles. The number of rotatable bonds is 5. The Bertz CT molecular complexity index is 906. The number of nitrogens with zero attached hydrogens (tertiary/aromatic N) is 4. The number of ether oxygens (including phenoxy) is 1. The lowest BCUT2D eigenvalue weighted by molar-refractivity contribution is 0.122. The Morgan fingerprint density at radius 3 is 2.32 bits per heavy atom. The lowest BCUT2D eigenvalue weighted by Gasteiger charge is -2.27. The van der Waals surface area contributed by atoms with E-state index in [0.29, 0.717) is 13.2 Å². The quantitative estimate of drug-likeness (QED) is 0.732. The molecule has 6 nitrogen and oxygen atoms in total. The van der Waals surface area contributed by atoms with Crippen molar-refractivity contribution in [3.8, 4) is 11.3 Å². The SMILES string of the molecule is CN(C)c1ccc(Nc2cc(-c3ccccc3)nc(N3CCOCC3)n2)cc1. The minimum absolute atomic E-state index is 0.702. The molecule has 144 valence electrons. The molecular formula is C22H25N5O. The van der Waals surface area contributed by atoms with Crippen LogP contribution in [0.4, 0.5) is 23.1 Å². The molecule has 3 aromatic rings. The Morgan fingerprint density at radius 2 is 1.64 bits per heavy atom. The summed E-state index contributed by atoms with van der Waals surface area (Å²) in [7, 11) is 4.07. The van der Waals surface area contributed by atoms with Crippen LogP contribution in [0.25, 0.3) is 11.3 Å². The molecule has 0 aliphatic carbocycles. The zero-order valence-electron chi connectivity index (χ0n) is 16.3. The molecule has 0 unspecified atom stereocenters. The summed E-state index contributed by atoms with van der Waals surface area (Å²) in [5, 5.41) is 3.43. The van der Waals surface area contributed by atoms with E-state index in [1.54, 1.807) is 0 Å². The topological polar surface area (TPSA) is 53.5 Å². The maximum atomic E-state index is 5.48. The second-order valence-electron chi connectivity index (χ2n) is 6.97. The van der Waals surface area contributed by atoms with E-state index in [1.807, 2.05) is 38.4 Å². The normalized spacial score (nSPS) is 14.0. The molecule has 4 rings (SSSR count). The first-order chi connectivity index (χ1) is 13.7. The van der Waals surface area contributed by atoms with Crippen molar-refractivity contribution >= 4 is 23.1 Å². The van der Waals surface area contributed by atoms with Gasteiger partial charge >= 0.3 is 0 Å². The van der Waals surface area contributed by atoms with Crippen molar-refractivity contribution in [3.63, 3.8) is 0 Å². The van der Waals surface area contributed by atoms with Crippen LogP contribution in [0.3, 0.4) is 0 Å². The smallest absolute Gasteiger partial charge is 0.228 e. The van der Waals surface area contributed by atoms with Crippen LogP contribution in [-0.4, -0.2) is 50.4 Å². The number of hydrogen-bond donors (Lipinski definition) is 1. The molecule has 0 amide bonds. The number of nitrogens with one attached hydrogen (secondary N) is 1. The van der Waals surface area contributed by atoms with Crippen molar-refractivity contribution in [2.24, 2.45) is 0 Å². The van der Waals surface area contributed by atoms with Gasteiger partial charge in [-0.05, 0) is 24.3 Å². The highest BCUT2D eigenvalue weighted by molar-refractivity contribution is 5.68. The second-order valence-corrected chi connectivity index (χ2v) is 6.97. The highest BCUT2D eigenvalue weighted by atomic mass is 16.5. The van der Waals surface area contributed by atoms with Crippen molar-refractivity contribution in [1.29, 1.82) is 0 Å². The summed E-state index contributed by atoms with van der Waals surface area (Å²) in [4.78, 5) is 13.9. The van der Waals surface area contributed by atoms with Gasteiger partial charge in [0.1, 0.15) is 5.82 Å². The molecule has 0 bridgehead atoms. The van der Waals surface area contributed by atoms with Crippen molar-refractivity contribution in [1.82, 2.24) is 9.97 Å². The van der Waals surface area contributed by atoms with E-state index < -0.39 is 0 Å². The highest BCUT2D eigenvalue weighted by Gasteiger charge is 2.16. The van der Waals surface area contributed by atoms with Gasteiger partial charge in [-0.1, -0.05) is 30.3 Å². The molecule has 2 heterocycles. The van der Waals surface area contributed by atoms with Gasteiger partial charge in [0.25, 0.3) is 0 Å². The predicted molar refractivity (Wildman–Crippen MR) is 115 cm³/mol. The Balaban J connectivity index is 1.66. The zero-order chi connectivity index (χ0) is 19.3. The van der Waals surface area contributed by atoms with Gasteiger partial charge in [0.05, 0.1) is 18.9 Å². The van der Waals surface area contributed by atoms with Crippen molar-refractivity contribution < 1.29 is 4.74 Å². The maximum Gasteiger partial charge on any atom is 0.228 e. The number of benzene rings is 2. The van der Waals surface area contributed by atoms with Gasteiger partial charge in [-0.3, -0.25) is 0 Å². The second kappa shape index (κ2) is 8.27. The number of anilines is 4. The number of morpholine rings is 1. The van der Waals surface area contributed by atoms with Crippen molar-refractivity contribution in [2.45, 2.75) is 0 Å². The van der Waals surface area contributed by atoms with Crippen LogP contribution in [0.2, 0.25) is 0 Å². The molecular weight excluding hydrogens is 350 g/mol. The Morgan fingerprint density at radius 1 is 0.929 bits per heavy atom. The average Bonchev–Trinajstić information content (AvgIpc) is 2.75.